The molecule has 0 aromatic rings. The molecule has 0 aromatic heterocycles. The van der Waals surface area contributed by atoms with Gasteiger partial charge in [-0.25, -0.2) is 15.6 Å². The first-order valence-corrected chi connectivity index (χ1v) is 4.06. The van der Waals surface area contributed by atoms with Gasteiger partial charge in [0.05, 0.1) is 12.1 Å². The third kappa shape index (κ3) is 2.09. The number of nitrogens with two attached hydrogens (primary N) is 1. The lowest BCUT2D eigenvalue weighted by Gasteiger charge is -2.30. The van der Waals surface area contributed by atoms with E-state index in [1.54, 1.807) is 0 Å². The van der Waals surface area contributed by atoms with Gasteiger partial charge in [0.15, 0.2) is 0 Å². The van der Waals surface area contributed by atoms with Gasteiger partial charge < -0.3 is 10.2 Å². The standard InChI is InChI=1S/C7H14N2O3/c8-9(7(11)12)5-1-3-6(10)4-2-5/h5-6,10H,1-4,8H2,(H,11,12). The second kappa shape index (κ2) is 3.73. The molecule has 0 bridgehead atoms. The van der Waals surface area contributed by atoms with E-state index < -0.39 is 6.09 Å². The van der Waals surface area contributed by atoms with E-state index in [0.717, 1.165) is 5.01 Å². The van der Waals surface area contributed by atoms with Crippen molar-refractivity contribution in [2.45, 2.75) is 37.8 Å². The topological polar surface area (TPSA) is 86.8 Å². The number of carbonyl (C=O) groups is 1. The smallest absolute Gasteiger partial charge is 0.421 e. The van der Waals surface area contributed by atoms with Crippen LogP contribution in [0.4, 0.5) is 4.79 Å². The summed E-state index contributed by atoms with van der Waals surface area (Å²) in [6.07, 6.45) is 1.23. The van der Waals surface area contributed by atoms with Crippen molar-refractivity contribution in [1.82, 2.24) is 5.01 Å². The van der Waals surface area contributed by atoms with Gasteiger partial charge in [-0.05, 0) is 25.7 Å². The van der Waals surface area contributed by atoms with Gasteiger partial charge in [0.1, 0.15) is 0 Å². The molecule has 5 heteroatoms. The normalized spacial score (nSPS) is 29.8. The van der Waals surface area contributed by atoms with Gasteiger partial charge in [0.25, 0.3) is 0 Å². The van der Waals surface area contributed by atoms with Gasteiger partial charge in [0, 0.05) is 0 Å². The van der Waals surface area contributed by atoms with Gasteiger partial charge in [0.2, 0.25) is 0 Å². The van der Waals surface area contributed by atoms with Gasteiger partial charge >= 0.3 is 6.09 Å². The first kappa shape index (κ1) is 9.28. The Morgan fingerprint density at radius 2 is 1.83 bits per heavy atom. The Hall–Kier alpha value is -0.810. The number of amides is 1. The molecule has 0 heterocycles. The number of aliphatic hydroxyl groups excluding tert-OH is 1. The van der Waals surface area contributed by atoms with Gasteiger partial charge in [-0.2, -0.15) is 0 Å². The Morgan fingerprint density at radius 1 is 1.33 bits per heavy atom. The summed E-state index contributed by atoms with van der Waals surface area (Å²) in [5.41, 5.74) is 0. The maximum absolute atomic E-state index is 10.4. The first-order chi connectivity index (χ1) is 5.61. The summed E-state index contributed by atoms with van der Waals surface area (Å²) < 4.78 is 0. The highest BCUT2D eigenvalue weighted by atomic mass is 16.4. The van der Waals surface area contributed by atoms with E-state index in [2.05, 4.69) is 0 Å². The van der Waals surface area contributed by atoms with Gasteiger partial charge in [-0.15, -0.1) is 0 Å². The number of carboxylic acid groups (broad SMARTS) is 1. The van der Waals surface area contributed by atoms with Crippen LogP contribution in [0.25, 0.3) is 0 Å². The molecule has 0 spiro atoms. The lowest BCUT2D eigenvalue weighted by molar-refractivity contribution is 0.0689. The molecular formula is C7H14N2O3. The first-order valence-electron chi connectivity index (χ1n) is 4.06. The number of hydrogen-bond acceptors (Lipinski definition) is 3. The zero-order valence-electron chi connectivity index (χ0n) is 6.81. The maximum Gasteiger partial charge on any atom is 0.421 e. The molecule has 5 nitrogen and oxygen atoms in total. The SMILES string of the molecule is NN(C(=O)O)C1CCC(O)CC1. The predicted molar refractivity (Wildman–Crippen MR) is 42.3 cm³/mol. The molecule has 0 radical (unpaired) electrons. The van der Waals surface area contributed by atoms with Crippen molar-refractivity contribution in [3.63, 3.8) is 0 Å². The molecule has 70 valence electrons. The van der Waals surface area contributed by atoms with E-state index in [9.17, 15) is 4.79 Å². The molecule has 0 aliphatic heterocycles. The molecule has 0 atom stereocenters. The van der Waals surface area contributed by atoms with Crippen molar-refractivity contribution in [3.8, 4) is 0 Å². The summed E-state index contributed by atoms with van der Waals surface area (Å²) in [5, 5.41) is 18.5. The molecule has 1 rings (SSSR count). The summed E-state index contributed by atoms with van der Waals surface area (Å²) in [4.78, 5) is 10.4. The summed E-state index contributed by atoms with van der Waals surface area (Å²) in [5.74, 6) is 5.29. The zero-order valence-corrected chi connectivity index (χ0v) is 6.81. The van der Waals surface area contributed by atoms with Crippen molar-refractivity contribution < 1.29 is 15.0 Å². The molecule has 1 aliphatic rings. The molecular weight excluding hydrogens is 160 g/mol. The minimum Gasteiger partial charge on any atom is -0.464 e. The molecule has 1 fully saturated rings. The van der Waals surface area contributed by atoms with Crippen LogP contribution in [0.1, 0.15) is 25.7 Å². The fourth-order valence-electron chi connectivity index (χ4n) is 1.49. The largest absolute Gasteiger partial charge is 0.464 e. The summed E-state index contributed by atoms with van der Waals surface area (Å²) >= 11 is 0. The molecule has 1 amide bonds. The third-order valence-electron chi connectivity index (χ3n) is 2.28. The van der Waals surface area contributed by atoms with E-state index in [-0.39, 0.29) is 12.1 Å². The molecule has 1 aliphatic carbocycles. The highest BCUT2D eigenvalue weighted by Crippen LogP contribution is 2.21. The Labute approximate surface area is 70.7 Å². The number of hydrazine groups is 1. The van der Waals surface area contributed by atoms with Gasteiger partial charge in [-0.1, -0.05) is 0 Å². The van der Waals surface area contributed by atoms with Crippen LogP contribution in [0, 0.1) is 0 Å². The van der Waals surface area contributed by atoms with E-state index in [0.29, 0.717) is 25.7 Å². The summed E-state index contributed by atoms with van der Waals surface area (Å²) in [7, 11) is 0. The van der Waals surface area contributed by atoms with Crippen molar-refractivity contribution in [2.24, 2.45) is 5.84 Å². The lowest BCUT2D eigenvalue weighted by atomic mass is 9.93. The molecule has 4 N–H and O–H groups in total. The predicted octanol–water partition coefficient (Wildman–Crippen LogP) is 0.144. The van der Waals surface area contributed by atoms with E-state index >= 15 is 0 Å². The van der Waals surface area contributed by atoms with Crippen LogP contribution in [0.5, 0.6) is 0 Å². The average molecular weight is 174 g/mol. The van der Waals surface area contributed by atoms with Crippen LogP contribution in [-0.2, 0) is 0 Å². The van der Waals surface area contributed by atoms with Crippen molar-refractivity contribution in [2.75, 3.05) is 0 Å². The number of nitrogens with zero attached hydrogens (tertiary/aromatic N) is 1. The van der Waals surface area contributed by atoms with Crippen LogP contribution in [-0.4, -0.2) is 33.5 Å². The number of hydrogen-bond donors (Lipinski definition) is 3. The van der Waals surface area contributed by atoms with Crippen LogP contribution in [0.3, 0.4) is 0 Å². The second-order valence-electron chi connectivity index (χ2n) is 3.15. The fourth-order valence-corrected chi connectivity index (χ4v) is 1.49. The Balaban J connectivity index is 2.39. The minimum atomic E-state index is -1.10. The minimum absolute atomic E-state index is 0.120. The summed E-state index contributed by atoms with van der Waals surface area (Å²) in [6.45, 7) is 0. The number of aliphatic hydroxyl groups is 1. The zero-order chi connectivity index (χ0) is 9.14. The van der Waals surface area contributed by atoms with Crippen LogP contribution >= 0.6 is 0 Å². The molecule has 12 heavy (non-hydrogen) atoms. The van der Waals surface area contributed by atoms with E-state index in [1.165, 1.54) is 0 Å². The van der Waals surface area contributed by atoms with Crippen LogP contribution in [0.2, 0.25) is 0 Å². The van der Waals surface area contributed by atoms with Crippen LogP contribution < -0.4 is 5.84 Å². The monoisotopic (exact) mass is 174 g/mol. The maximum atomic E-state index is 10.4. The third-order valence-corrected chi connectivity index (χ3v) is 2.28. The lowest BCUT2D eigenvalue weighted by Crippen LogP contribution is -2.46. The molecule has 0 aromatic carbocycles. The fraction of sp³-hybridized carbons (Fsp3) is 0.857. The molecule has 0 saturated heterocycles. The van der Waals surface area contributed by atoms with Crippen molar-refractivity contribution in [1.29, 1.82) is 0 Å². The quantitative estimate of drug-likeness (QED) is 0.300. The number of rotatable bonds is 1. The highest BCUT2D eigenvalue weighted by Gasteiger charge is 2.25. The second-order valence-corrected chi connectivity index (χ2v) is 3.15. The highest BCUT2D eigenvalue weighted by molar-refractivity contribution is 5.64. The van der Waals surface area contributed by atoms with E-state index in [1.807, 2.05) is 0 Å². The summed E-state index contributed by atoms with van der Waals surface area (Å²) in [6, 6.07) is -0.120. The molecule has 1 saturated carbocycles. The van der Waals surface area contributed by atoms with Crippen molar-refractivity contribution in [3.05, 3.63) is 0 Å². The average Bonchev–Trinajstić information content (AvgIpc) is 2.04. The molecule has 0 unspecified atom stereocenters. The van der Waals surface area contributed by atoms with Crippen molar-refractivity contribution >= 4 is 6.09 Å². The Kier molecular flexibility index (Phi) is 2.88. The van der Waals surface area contributed by atoms with E-state index in [4.69, 9.17) is 16.1 Å². The van der Waals surface area contributed by atoms with Gasteiger partial charge in [-0.3, -0.25) is 0 Å². The Morgan fingerprint density at radius 3 is 2.25 bits per heavy atom. The Bertz CT molecular complexity index is 166. The van der Waals surface area contributed by atoms with Crippen LogP contribution in [0.15, 0.2) is 0 Å².